The van der Waals surface area contributed by atoms with Gasteiger partial charge in [-0.15, -0.1) is 0 Å². The molecule has 3 aromatic rings. The first kappa shape index (κ1) is 24.4. The van der Waals surface area contributed by atoms with Gasteiger partial charge in [-0.1, -0.05) is 25.1 Å². The molecule has 1 aromatic heterocycles. The lowest BCUT2D eigenvalue weighted by atomic mass is 9.89. The smallest absolute Gasteiger partial charge is 0.128 e. The van der Waals surface area contributed by atoms with Gasteiger partial charge in [-0.2, -0.15) is 0 Å². The fourth-order valence-corrected chi connectivity index (χ4v) is 4.89. The highest BCUT2D eigenvalue weighted by Crippen LogP contribution is 2.42. The Morgan fingerprint density at radius 1 is 1.21 bits per heavy atom. The van der Waals surface area contributed by atoms with E-state index in [-0.39, 0.29) is 23.4 Å². The van der Waals surface area contributed by atoms with E-state index in [9.17, 15) is 4.79 Å². The predicted octanol–water partition coefficient (Wildman–Crippen LogP) is 5.59. The van der Waals surface area contributed by atoms with Crippen molar-refractivity contribution >= 4 is 17.2 Å². The first-order chi connectivity index (χ1) is 16.2. The van der Waals surface area contributed by atoms with Gasteiger partial charge in [0.15, 0.2) is 0 Å². The van der Waals surface area contributed by atoms with E-state index in [1.165, 1.54) is 17.0 Å². The van der Waals surface area contributed by atoms with Crippen LogP contribution < -0.4 is 4.74 Å². The molecule has 2 heterocycles. The summed E-state index contributed by atoms with van der Waals surface area (Å²) >= 11 is 0. The van der Waals surface area contributed by atoms with Crippen LogP contribution in [0.15, 0.2) is 36.4 Å². The second-order valence-electron chi connectivity index (χ2n) is 10.2. The first-order valence-electron chi connectivity index (χ1n) is 12.0. The number of H-pyrrole nitrogens is 1. The summed E-state index contributed by atoms with van der Waals surface area (Å²) in [5.74, 6) is 0.238. The minimum absolute atomic E-state index is 0.147. The number of nitrogens with zero attached hydrogens (tertiary/aromatic N) is 1. The lowest BCUT2D eigenvalue weighted by Gasteiger charge is -2.38. The molecule has 0 amide bonds. The predicted molar refractivity (Wildman–Crippen MR) is 133 cm³/mol. The lowest BCUT2D eigenvalue weighted by molar-refractivity contribution is -0.111. The van der Waals surface area contributed by atoms with Crippen LogP contribution in [0.25, 0.3) is 10.9 Å². The standard InChI is InChI=1S/C28H35FN2O3/c1-18(17-32)16-31-13-12-21-20-8-6-7-9-23(20)30-26(21)27(31)25-19(2)24(11-10-22(25)29)33-14-15-34-28(3,4)5/h6-11,17-18,27,30H,12-16H2,1-5H3. The van der Waals surface area contributed by atoms with Crippen molar-refractivity contribution in [2.75, 3.05) is 26.3 Å². The summed E-state index contributed by atoms with van der Waals surface area (Å²) in [6.45, 7) is 12.0. The molecule has 4 rings (SSSR count). The molecule has 2 atom stereocenters. The fourth-order valence-electron chi connectivity index (χ4n) is 4.89. The van der Waals surface area contributed by atoms with Gasteiger partial charge in [-0.3, -0.25) is 4.90 Å². The third-order valence-electron chi connectivity index (χ3n) is 6.45. The van der Waals surface area contributed by atoms with Crippen molar-refractivity contribution in [3.8, 4) is 5.75 Å². The molecule has 5 nitrogen and oxygen atoms in total. The van der Waals surface area contributed by atoms with Crippen LogP contribution in [0, 0.1) is 18.7 Å². The van der Waals surface area contributed by atoms with Gasteiger partial charge in [0.25, 0.3) is 0 Å². The number of rotatable bonds is 8. The van der Waals surface area contributed by atoms with E-state index in [1.54, 1.807) is 6.07 Å². The summed E-state index contributed by atoms with van der Waals surface area (Å²) in [6, 6.07) is 11.1. The highest BCUT2D eigenvalue weighted by atomic mass is 19.1. The van der Waals surface area contributed by atoms with E-state index in [0.717, 1.165) is 36.0 Å². The second-order valence-corrected chi connectivity index (χ2v) is 10.2. The molecular weight excluding hydrogens is 431 g/mol. The van der Waals surface area contributed by atoms with Crippen molar-refractivity contribution in [1.82, 2.24) is 9.88 Å². The fraction of sp³-hybridized carbons (Fsp3) is 0.464. The number of hydrogen-bond donors (Lipinski definition) is 1. The highest BCUT2D eigenvalue weighted by molar-refractivity contribution is 5.85. The summed E-state index contributed by atoms with van der Waals surface area (Å²) < 4.78 is 27.3. The van der Waals surface area contributed by atoms with E-state index in [2.05, 4.69) is 22.0 Å². The number of carbonyl (C=O) groups is 1. The lowest BCUT2D eigenvalue weighted by Crippen LogP contribution is -2.39. The Kier molecular flexibility index (Phi) is 7.10. The summed E-state index contributed by atoms with van der Waals surface area (Å²) in [5, 5.41) is 1.18. The number of aromatic amines is 1. The van der Waals surface area contributed by atoms with Crippen molar-refractivity contribution in [3.63, 3.8) is 0 Å². The van der Waals surface area contributed by atoms with E-state index >= 15 is 4.39 Å². The van der Waals surface area contributed by atoms with Crippen LogP contribution in [0.2, 0.25) is 0 Å². The summed E-state index contributed by atoms with van der Waals surface area (Å²) in [7, 11) is 0. The zero-order valence-corrected chi connectivity index (χ0v) is 20.8. The third-order valence-corrected chi connectivity index (χ3v) is 6.45. The second kappa shape index (κ2) is 9.88. The molecule has 6 heteroatoms. The van der Waals surface area contributed by atoms with E-state index in [4.69, 9.17) is 9.47 Å². The molecule has 0 bridgehead atoms. The molecule has 1 aliphatic heterocycles. The average molecular weight is 467 g/mol. The Hall–Kier alpha value is -2.70. The number of para-hydroxylation sites is 1. The first-order valence-corrected chi connectivity index (χ1v) is 12.0. The van der Waals surface area contributed by atoms with Crippen LogP contribution in [-0.4, -0.2) is 48.1 Å². The quantitative estimate of drug-likeness (QED) is 0.347. The van der Waals surface area contributed by atoms with Crippen LogP contribution in [0.3, 0.4) is 0 Å². The number of fused-ring (bicyclic) bond motifs is 3. The Bertz CT molecular complexity index is 1160. The number of hydrogen-bond acceptors (Lipinski definition) is 4. The van der Waals surface area contributed by atoms with E-state index in [1.807, 2.05) is 46.8 Å². The van der Waals surface area contributed by atoms with Crippen molar-refractivity contribution in [3.05, 3.63) is 64.6 Å². The molecule has 0 radical (unpaired) electrons. The van der Waals surface area contributed by atoms with Crippen molar-refractivity contribution in [1.29, 1.82) is 0 Å². The topological polar surface area (TPSA) is 54.6 Å². The Labute approximate surface area is 201 Å². The number of aldehydes is 1. The van der Waals surface area contributed by atoms with E-state index in [0.29, 0.717) is 31.1 Å². The molecule has 1 aliphatic rings. The van der Waals surface area contributed by atoms with Crippen LogP contribution in [-0.2, 0) is 16.0 Å². The number of carbonyl (C=O) groups excluding carboxylic acids is 1. The SMILES string of the molecule is Cc1c(OCCOC(C)(C)C)ccc(F)c1C1c2[nH]c3ccccc3c2CCN1CC(C)C=O. The molecule has 0 saturated heterocycles. The Morgan fingerprint density at radius 3 is 2.71 bits per heavy atom. The van der Waals surface area contributed by atoms with Crippen LogP contribution in [0.4, 0.5) is 4.39 Å². The van der Waals surface area contributed by atoms with Crippen molar-refractivity contribution in [2.45, 2.75) is 52.7 Å². The molecule has 182 valence electrons. The van der Waals surface area contributed by atoms with Gasteiger partial charge in [0, 0.05) is 41.2 Å². The molecule has 0 fully saturated rings. The van der Waals surface area contributed by atoms with Gasteiger partial charge in [-0.25, -0.2) is 4.39 Å². The minimum Gasteiger partial charge on any atom is -0.491 e. The average Bonchev–Trinajstić information content (AvgIpc) is 3.17. The molecular formula is C28H35FN2O3. The van der Waals surface area contributed by atoms with Gasteiger partial charge in [0.05, 0.1) is 18.2 Å². The van der Waals surface area contributed by atoms with E-state index < -0.39 is 0 Å². The third kappa shape index (κ3) is 5.03. The van der Waals surface area contributed by atoms with Crippen LogP contribution in [0.1, 0.15) is 56.1 Å². The molecule has 0 saturated carbocycles. The van der Waals surface area contributed by atoms with Gasteiger partial charge < -0.3 is 19.3 Å². The Balaban J connectivity index is 1.74. The number of ether oxygens (including phenoxy) is 2. The molecule has 2 aromatic carbocycles. The number of halogens is 1. The number of nitrogens with one attached hydrogen (secondary N) is 1. The van der Waals surface area contributed by atoms with Gasteiger partial charge in [0.1, 0.15) is 24.5 Å². The molecule has 2 unspecified atom stereocenters. The van der Waals surface area contributed by atoms with Gasteiger partial charge >= 0.3 is 0 Å². The van der Waals surface area contributed by atoms with Crippen molar-refractivity contribution in [2.24, 2.45) is 5.92 Å². The maximum atomic E-state index is 15.5. The maximum Gasteiger partial charge on any atom is 0.128 e. The summed E-state index contributed by atoms with van der Waals surface area (Å²) in [4.78, 5) is 17.3. The molecule has 34 heavy (non-hydrogen) atoms. The highest BCUT2D eigenvalue weighted by Gasteiger charge is 2.35. The zero-order chi connectivity index (χ0) is 24.5. The molecule has 1 N–H and O–H groups in total. The van der Waals surface area contributed by atoms with Crippen LogP contribution in [0.5, 0.6) is 5.75 Å². The largest absolute Gasteiger partial charge is 0.491 e. The van der Waals surface area contributed by atoms with Gasteiger partial charge in [-0.05, 0) is 63.4 Å². The molecule has 0 aliphatic carbocycles. The zero-order valence-electron chi connectivity index (χ0n) is 20.8. The van der Waals surface area contributed by atoms with Crippen LogP contribution >= 0.6 is 0 Å². The molecule has 0 spiro atoms. The minimum atomic E-state index is -0.326. The normalized spacial score (nSPS) is 17.5. The number of aromatic nitrogens is 1. The maximum absolute atomic E-state index is 15.5. The number of benzene rings is 2. The Morgan fingerprint density at radius 2 is 1.97 bits per heavy atom. The van der Waals surface area contributed by atoms with Gasteiger partial charge in [0.2, 0.25) is 0 Å². The summed E-state index contributed by atoms with van der Waals surface area (Å²) in [6.07, 6.45) is 1.82. The van der Waals surface area contributed by atoms with Crippen molar-refractivity contribution < 1.29 is 18.7 Å². The summed E-state index contributed by atoms with van der Waals surface area (Å²) in [5.41, 5.74) is 4.40. The monoisotopic (exact) mass is 466 g/mol.